The van der Waals surface area contributed by atoms with Crippen LogP contribution in [-0.4, -0.2) is 37.2 Å². The summed E-state index contributed by atoms with van der Waals surface area (Å²) in [7, 11) is 3.02. The summed E-state index contributed by atoms with van der Waals surface area (Å²) in [6.45, 7) is 2.80. The van der Waals surface area contributed by atoms with Gasteiger partial charge in [-0.3, -0.25) is 14.7 Å². The first-order valence-corrected chi connectivity index (χ1v) is 10.1. The monoisotopic (exact) mass is 474 g/mol. The molecule has 0 spiro atoms. The van der Waals surface area contributed by atoms with Crippen molar-refractivity contribution in [1.82, 2.24) is 4.98 Å². The molecule has 180 valence electrons. The van der Waals surface area contributed by atoms with Gasteiger partial charge in [0.25, 0.3) is 0 Å². The molecule has 10 nitrogen and oxygen atoms in total. The molecule has 1 atom stereocenters. The second-order valence-corrected chi connectivity index (χ2v) is 6.87. The normalized spacial score (nSPS) is 11.4. The van der Waals surface area contributed by atoms with E-state index in [-0.39, 0.29) is 17.9 Å². The summed E-state index contributed by atoms with van der Waals surface area (Å²) in [4.78, 5) is 36.3. The van der Waals surface area contributed by atoms with E-state index in [2.05, 4.69) is 20.3 Å². The van der Waals surface area contributed by atoms with E-state index in [1.54, 1.807) is 25.1 Å². The molecule has 2 aromatic carbocycles. The maximum Gasteiger partial charge on any atom is 0.385 e. The Balaban J connectivity index is 1.69. The fraction of sp³-hybridized carbons (Fsp3) is 0.261. The van der Waals surface area contributed by atoms with Crippen LogP contribution in [0.2, 0.25) is 0 Å². The van der Waals surface area contributed by atoms with Gasteiger partial charge in [0.1, 0.15) is 5.75 Å². The highest BCUT2D eigenvalue weighted by atomic mass is 19.1. The summed E-state index contributed by atoms with van der Waals surface area (Å²) in [6, 6.07) is 8.86. The van der Waals surface area contributed by atoms with Gasteiger partial charge >= 0.3 is 11.9 Å². The van der Waals surface area contributed by atoms with E-state index in [4.69, 9.17) is 18.9 Å². The lowest BCUT2D eigenvalue weighted by Crippen LogP contribution is -2.28. The summed E-state index contributed by atoms with van der Waals surface area (Å²) in [5.41, 5.74) is 2.99. The Morgan fingerprint density at radius 1 is 1.03 bits per heavy atom. The van der Waals surface area contributed by atoms with Crippen molar-refractivity contribution in [3.05, 3.63) is 48.4 Å². The average Bonchev–Trinajstić information content (AvgIpc) is 2.83. The number of hydrogen-bond acceptors (Lipinski definition) is 10. The SMILES string of the molecule is CCC(OC(C)=O)C(=O)OONc1ccc(Oc2ccnc3cc(OC)c(OC)cc23)c(F)c1. The summed E-state index contributed by atoms with van der Waals surface area (Å²) in [6.07, 6.45) is 0.615. The predicted octanol–water partition coefficient (Wildman–Crippen LogP) is 4.33. The number of anilines is 1. The van der Waals surface area contributed by atoms with Crippen molar-refractivity contribution < 1.29 is 42.8 Å². The molecule has 3 aromatic rings. The number of pyridine rings is 1. The molecule has 1 N–H and O–H groups in total. The number of methoxy groups -OCH3 is 2. The predicted molar refractivity (Wildman–Crippen MR) is 118 cm³/mol. The Labute approximate surface area is 194 Å². The number of carbonyl (C=O) groups is 2. The molecule has 0 aliphatic heterocycles. The van der Waals surface area contributed by atoms with Crippen molar-refractivity contribution in [1.29, 1.82) is 0 Å². The highest BCUT2D eigenvalue weighted by Gasteiger charge is 2.22. The highest BCUT2D eigenvalue weighted by molar-refractivity contribution is 5.88. The van der Waals surface area contributed by atoms with Gasteiger partial charge in [0.05, 0.1) is 25.4 Å². The van der Waals surface area contributed by atoms with Crippen LogP contribution in [0, 0.1) is 5.82 Å². The van der Waals surface area contributed by atoms with E-state index in [0.29, 0.717) is 28.2 Å². The number of aromatic nitrogens is 1. The molecule has 34 heavy (non-hydrogen) atoms. The van der Waals surface area contributed by atoms with Crippen LogP contribution >= 0.6 is 0 Å². The molecule has 0 aliphatic carbocycles. The van der Waals surface area contributed by atoms with E-state index in [1.165, 1.54) is 39.5 Å². The fourth-order valence-electron chi connectivity index (χ4n) is 2.96. The number of hydrogen-bond donors (Lipinski definition) is 1. The molecule has 1 heterocycles. The number of fused-ring (bicyclic) bond motifs is 1. The fourth-order valence-corrected chi connectivity index (χ4v) is 2.96. The van der Waals surface area contributed by atoms with E-state index in [9.17, 15) is 14.0 Å². The number of nitrogens with zero attached hydrogens (tertiary/aromatic N) is 1. The molecular weight excluding hydrogens is 451 g/mol. The van der Waals surface area contributed by atoms with Crippen LogP contribution in [0.1, 0.15) is 20.3 Å². The number of rotatable bonds is 10. The zero-order valence-electron chi connectivity index (χ0n) is 18.9. The molecule has 11 heteroatoms. The molecule has 3 rings (SSSR count). The Bertz CT molecular complexity index is 1190. The van der Waals surface area contributed by atoms with Crippen LogP contribution in [-0.2, 0) is 24.2 Å². The average molecular weight is 474 g/mol. The Kier molecular flexibility index (Phi) is 8.04. The molecule has 0 aliphatic rings. The van der Waals surface area contributed by atoms with E-state index in [0.717, 1.165) is 6.07 Å². The van der Waals surface area contributed by atoms with Gasteiger partial charge in [-0.15, -0.1) is 0 Å². The number of benzene rings is 2. The Hall–Kier alpha value is -4.12. The molecule has 0 saturated heterocycles. The summed E-state index contributed by atoms with van der Waals surface area (Å²) in [5.74, 6) is -0.996. The van der Waals surface area contributed by atoms with Crippen LogP contribution in [0.15, 0.2) is 42.6 Å². The minimum absolute atomic E-state index is 0.0641. The molecule has 0 amide bonds. The summed E-state index contributed by atoms with van der Waals surface area (Å²) >= 11 is 0. The molecule has 0 fully saturated rings. The van der Waals surface area contributed by atoms with Crippen molar-refractivity contribution in [3.8, 4) is 23.0 Å². The van der Waals surface area contributed by atoms with E-state index >= 15 is 0 Å². The first kappa shape index (κ1) is 24.5. The van der Waals surface area contributed by atoms with E-state index < -0.39 is 23.9 Å². The van der Waals surface area contributed by atoms with Crippen molar-refractivity contribution in [2.75, 3.05) is 19.7 Å². The van der Waals surface area contributed by atoms with Gasteiger partial charge in [-0.05, 0) is 30.7 Å². The minimum Gasteiger partial charge on any atom is -0.493 e. The third-order valence-corrected chi connectivity index (χ3v) is 4.58. The zero-order valence-corrected chi connectivity index (χ0v) is 18.9. The van der Waals surface area contributed by atoms with Gasteiger partial charge in [-0.25, -0.2) is 14.7 Å². The lowest BCUT2D eigenvalue weighted by atomic mass is 10.2. The topological polar surface area (TPSA) is 114 Å². The lowest BCUT2D eigenvalue weighted by molar-refractivity contribution is -0.263. The first-order valence-electron chi connectivity index (χ1n) is 10.1. The van der Waals surface area contributed by atoms with Crippen LogP contribution < -0.4 is 19.7 Å². The van der Waals surface area contributed by atoms with Crippen LogP contribution in [0.5, 0.6) is 23.0 Å². The lowest BCUT2D eigenvalue weighted by Gasteiger charge is -2.14. The zero-order chi connectivity index (χ0) is 24.7. The Morgan fingerprint density at radius 3 is 2.41 bits per heavy atom. The number of halogens is 1. The quantitative estimate of drug-likeness (QED) is 0.259. The highest BCUT2D eigenvalue weighted by Crippen LogP contribution is 2.37. The van der Waals surface area contributed by atoms with Gasteiger partial charge in [0, 0.05) is 30.6 Å². The third kappa shape index (κ3) is 5.81. The van der Waals surface area contributed by atoms with Crippen LogP contribution in [0.4, 0.5) is 10.1 Å². The van der Waals surface area contributed by atoms with Crippen molar-refractivity contribution >= 4 is 28.5 Å². The van der Waals surface area contributed by atoms with Gasteiger partial charge in [-0.2, -0.15) is 0 Å². The molecular formula is C23H23FN2O8. The molecule has 1 unspecified atom stereocenters. The second kappa shape index (κ2) is 11.1. The third-order valence-electron chi connectivity index (χ3n) is 4.58. The van der Waals surface area contributed by atoms with Crippen molar-refractivity contribution in [2.24, 2.45) is 0 Å². The second-order valence-electron chi connectivity index (χ2n) is 6.87. The standard InChI is InChI=1S/C23H23FN2O8/c1-5-18(31-13(2)27)23(28)33-34-26-14-6-7-20(16(24)10-14)32-19-8-9-25-17-12-22(30-4)21(29-3)11-15(17)19/h6-12,18,26H,5H2,1-4H3. The van der Waals surface area contributed by atoms with Crippen molar-refractivity contribution in [3.63, 3.8) is 0 Å². The number of esters is 1. The molecule has 1 aromatic heterocycles. The van der Waals surface area contributed by atoms with Gasteiger partial charge in [0.15, 0.2) is 23.1 Å². The smallest absolute Gasteiger partial charge is 0.385 e. The Morgan fingerprint density at radius 2 is 1.76 bits per heavy atom. The molecule has 0 bridgehead atoms. The molecule has 0 radical (unpaired) electrons. The largest absolute Gasteiger partial charge is 0.493 e. The number of nitrogens with one attached hydrogen (secondary N) is 1. The van der Waals surface area contributed by atoms with E-state index in [1.807, 2.05) is 0 Å². The van der Waals surface area contributed by atoms with Crippen LogP contribution in [0.25, 0.3) is 10.9 Å². The molecule has 0 saturated carbocycles. The van der Waals surface area contributed by atoms with Crippen LogP contribution in [0.3, 0.4) is 0 Å². The number of ether oxygens (including phenoxy) is 4. The summed E-state index contributed by atoms with van der Waals surface area (Å²) < 4.78 is 35.8. The maximum absolute atomic E-state index is 14.7. The summed E-state index contributed by atoms with van der Waals surface area (Å²) in [5, 5.41) is 0.593. The first-order chi connectivity index (χ1) is 16.4. The van der Waals surface area contributed by atoms with Crippen molar-refractivity contribution in [2.45, 2.75) is 26.4 Å². The van der Waals surface area contributed by atoms with Gasteiger partial charge in [0.2, 0.25) is 6.10 Å². The number of carbonyl (C=O) groups excluding carboxylic acids is 2. The van der Waals surface area contributed by atoms with Gasteiger partial charge < -0.3 is 18.9 Å². The minimum atomic E-state index is -1.11. The maximum atomic E-state index is 14.7. The van der Waals surface area contributed by atoms with Gasteiger partial charge in [-0.1, -0.05) is 11.9 Å².